The minimum atomic E-state index is -3.40. The standard InChI is InChI=1S/C19H26N4O2S/c1-22(2)19(20-14-16-8-6-5-7-9-16)21-15-17-10-12-18(13-11-17)26(24,25)23(3)4/h5-13H,14-15H2,1-4H3,(H,20,21). The average molecular weight is 375 g/mol. The van der Waals surface area contributed by atoms with E-state index in [9.17, 15) is 8.42 Å². The van der Waals surface area contributed by atoms with Crippen LogP contribution in [0.1, 0.15) is 11.1 Å². The topological polar surface area (TPSA) is 65.0 Å². The van der Waals surface area contributed by atoms with E-state index in [0.29, 0.717) is 13.1 Å². The molecule has 0 radical (unpaired) electrons. The maximum atomic E-state index is 12.1. The molecule has 2 aromatic rings. The van der Waals surface area contributed by atoms with Crippen molar-refractivity contribution in [3.05, 3.63) is 65.7 Å². The van der Waals surface area contributed by atoms with E-state index in [2.05, 4.69) is 10.3 Å². The third kappa shape index (κ3) is 5.31. The van der Waals surface area contributed by atoms with E-state index in [0.717, 1.165) is 17.1 Å². The van der Waals surface area contributed by atoms with E-state index < -0.39 is 10.0 Å². The molecule has 0 unspecified atom stereocenters. The molecule has 0 aliphatic rings. The van der Waals surface area contributed by atoms with Gasteiger partial charge in [-0.2, -0.15) is 0 Å². The highest BCUT2D eigenvalue weighted by molar-refractivity contribution is 7.89. The molecule has 7 heteroatoms. The Morgan fingerprint density at radius 3 is 2.08 bits per heavy atom. The Labute approximate surface area is 156 Å². The first kappa shape index (κ1) is 19.9. The van der Waals surface area contributed by atoms with Crippen LogP contribution in [0.25, 0.3) is 0 Å². The number of nitrogens with zero attached hydrogens (tertiary/aromatic N) is 3. The van der Waals surface area contributed by atoms with Crippen LogP contribution in [0.3, 0.4) is 0 Å². The van der Waals surface area contributed by atoms with Crippen LogP contribution in [-0.4, -0.2) is 51.8 Å². The van der Waals surface area contributed by atoms with E-state index >= 15 is 0 Å². The number of sulfonamides is 1. The highest BCUT2D eigenvalue weighted by atomic mass is 32.2. The summed E-state index contributed by atoms with van der Waals surface area (Å²) in [5.41, 5.74) is 2.13. The monoisotopic (exact) mass is 374 g/mol. The second-order valence-corrected chi connectivity index (χ2v) is 8.46. The SMILES string of the molecule is CN(C)C(=NCc1ccccc1)NCc1ccc(S(=O)(=O)N(C)C)cc1. The normalized spacial score (nSPS) is 12.3. The Bertz CT molecular complexity index is 830. The minimum Gasteiger partial charge on any atom is -0.352 e. The molecule has 1 N–H and O–H groups in total. The lowest BCUT2D eigenvalue weighted by Crippen LogP contribution is -2.36. The van der Waals surface area contributed by atoms with Gasteiger partial charge in [-0.05, 0) is 23.3 Å². The lowest BCUT2D eigenvalue weighted by Gasteiger charge is -2.18. The zero-order chi connectivity index (χ0) is 19.2. The fraction of sp³-hybridized carbons (Fsp3) is 0.316. The minimum absolute atomic E-state index is 0.289. The van der Waals surface area contributed by atoms with E-state index in [1.165, 1.54) is 18.4 Å². The van der Waals surface area contributed by atoms with Crippen LogP contribution >= 0.6 is 0 Å². The van der Waals surface area contributed by atoms with Gasteiger partial charge in [-0.3, -0.25) is 0 Å². The predicted molar refractivity (Wildman–Crippen MR) is 105 cm³/mol. The molecule has 0 spiro atoms. The lowest BCUT2D eigenvalue weighted by atomic mass is 10.2. The fourth-order valence-electron chi connectivity index (χ4n) is 2.28. The molecule has 0 saturated carbocycles. The number of nitrogens with one attached hydrogen (secondary N) is 1. The third-order valence-electron chi connectivity index (χ3n) is 3.83. The van der Waals surface area contributed by atoms with Crippen molar-refractivity contribution in [1.82, 2.24) is 14.5 Å². The smallest absolute Gasteiger partial charge is 0.242 e. The number of hydrogen-bond acceptors (Lipinski definition) is 3. The molecule has 26 heavy (non-hydrogen) atoms. The van der Waals surface area contributed by atoms with Gasteiger partial charge in [0.1, 0.15) is 0 Å². The summed E-state index contributed by atoms with van der Waals surface area (Å²) >= 11 is 0. The van der Waals surface area contributed by atoms with Crippen molar-refractivity contribution in [3.63, 3.8) is 0 Å². The number of hydrogen-bond donors (Lipinski definition) is 1. The molecule has 0 aliphatic heterocycles. The highest BCUT2D eigenvalue weighted by Gasteiger charge is 2.16. The molecule has 0 bridgehead atoms. The van der Waals surface area contributed by atoms with E-state index in [4.69, 9.17) is 0 Å². The summed E-state index contributed by atoms with van der Waals surface area (Å²) in [5.74, 6) is 0.777. The van der Waals surface area contributed by atoms with Gasteiger partial charge in [0.2, 0.25) is 10.0 Å². The second-order valence-electron chi connectivity index (χ2n) is 6.30. The van der Waals surface area contributed by atoms with Gasteiger partial charge in [-0.1, -0.05) is 42.5 Å². The van der Waals surface area contributed by atoms with Crippen molar-refractivity contribution in [2.24, 2.45) is 4.99 Å². The Kier molecular flexibility index (Phi) is 6.76. The third-order valence-corrected chi connectivity index (χ3v) is 5.66. The maximum absolute atomic E-state index is 12.1. The summed E-state index contributed by atoms with van der Waals surface area (Å²) in [6.45, 7) is 1.16. The Balaban J connectivity index is 2.03. The number of rotatable bonds is 6. The van der Waals surface area contributed by atoms with Crippen molar-refractivity contribution in [2.45, 2.75) is 18.0 Å². The molecular weight excluding hydrogens is 348 g/mol. The van der Waals surface area contributed by atoms with E-state index in [1.54, 1.807) is 12.1 Å². The predicted octanol–water partition coefficient (Wildman–Crippen LogP) is 2.14. The van der Waals surface area contributed by atoms with Crippen molar-refractivity contribution < 1.29 is 8.42 Å². The molecule has 2 rings (SSSR count). The van der Waals surface area contributed by atoms with Crippen LogP contribution in [0, 0.1) is 0 Å². The molecule has 2 aromatic carbocycles. The van der Waals surface area contributed by atoms with Gasteiger partial charge in [-0.25, -0.2) is 17.7 Å². The Morgan fingerprint density at radius 2 is 1.54 bits per heavy atom. The first-order chi connectivity index (χ1) is 12.3. The molecule has 0 atom stereocenters. The summed E-state index contributed by atoms with van der Waals surface area (Å²) in [6.07, 6.45) is 0. The molecule has 0 aliphatic carbocycles. The highest BCUT2D eigenvalue weighted by Crippen LogP contribution is 2.14. The summed E-state index contributed by atoms with van der Waals surface area (Å²) in [4.78, 5) is 6.83. The zero-order valence-corrected chi connectivity index (χ0v) is 16.5. The largest absolute Gasteiger partial charge is 0.352 e. The molecule has 6 nitrogen and oxygen atoms in total. The molecule has 0 heterocycles. The van der Waals surface area contributed by atoms with Gasteiger partial charge in [0, 0.05) is 34.7 Å². The summed E-state index contributed by atoms with van der Waals surface area (Å²) in [6, 6.07) is 16.9. The van der Waals surface area contributed by atoms with Crippen LogP contribution in [0.4, 0.5) is 0 Å². The van der Waals surface area contributed by atoms with Crippen molar-refractivity contribution in [3.8, 4) is 0 Å². The first-order valence-corrected chi connectivity index (χ1v) is 9.76. The lowest BCUT2D eigenvalue weighted by molar-refractivity contribution is 0.520. The van der Waals surface area contributed by atoms with Gasteiger partial charge in [0.05, 0.1) is 11.4 Å². The summed E-state index contributed by atoms with van der Waals surface area (Å²) in [7, 11) is 3.52. The maximum Gasteiger partial charge on any atom is 0.242 e. The number of benzene rings is 2. The van der Waals surface area contributed by atoms with Crippen molar-refractivity contribution in [2.75, 3.05) is 28.2 Å². The fourth-order valence-corrected chi connectivity index (χ4v) is 3.18. The average Bonchev–Trinajstić information content (AvgIpc) is 2.62. The Hall–Kier alpha value is -2.38. The second kappa shape index (κ2) is 8.82. The van der Waals surface area contributed by atoms with Crippen molar-refractivity contribution >= 4 is 16.0 Å². The van der Waals surface area contributed by atoms with Gasteiger partial charge in [0.15, 0.2) is 5.96 Å². The van der Waals surface area contributed by atoms with E-state index in [1.807, 2.05) is 61.5 Å². The Morgan fingerprint density at radius 1 is 0.923 bits per heavy atom. The summed E-state index contributed by atoms with van der Waals surface area (Å²) < 4.78 is 25.4. The summed E-state index contributed by atoms with van der Waals surface area (Å²) in [5, 5.41) is 3.30. The molecular formula is C19H26N4O2S. The number of aliphatic imine (C=N–C) groups is 1. The van der Waals surface area contributed by atoms with Crippen LogP contribution in [0.5, 0.6) is 0 Å². The van der Waals surface area contributed by atoms with Gasteiger partial charge in [0.25, 0.3) is 0 Å². The quantitative estimate of drug-likeness (QED) is 0.622. The van der Waals surface area contributed by atoms with Gasteiger partial charge >= 0.3 is 0 Å². The van der Waals surface area contributed by atoms with E-state index in [-0.39, 0.29) is 4.90 Å². The van der Waals surface area contributed by atoms with Crippen LogP contribution in [0.2, 0.25) is 0 Å². The molecule has 0 aromatic heterocycles. The van der Waals surface area contributed by atoms with Crippen molar-refractivity contribution in [1.29, 1.82) is 0 Å². The molecule has 0 amide bonds. The first-order valence-electron chi connectivity index (χ1n) is 8.32. The zero-order valence-electron chi connectivity index (χ0n) is 15.7. The van der Waals surface area contributed by atoms with Crippen LogP contribution < -0.4 is 5.32 Å². The molecule has 0 fully saturated rings. The van der Waals surface area contributed by atoms with Crippen LogP contribution in [0.15, 0.2) is 64.5 Å². The van der Waals surface area contributed by atoms with Gasteiger partial charge < -0.3 is 10.2 Å². The number of guanidine groups is 1. The molecule has 0 saturated heterocycles. The van der Waals surface area contributed by atoms with Gasteiger partial charge in [-0.15, -0.1) is 0 Å². The van der Waals surface area contributed by atoms with Crippen LogP contribution in [-0.2, 0) is 23.1 Å². The molecule has 140 valence electrons.